The first-order valence-electron chi connectivity index (χ1n) is 9.43. The minimum absolute atomic E-state index is 0.0660. The monoisotopic (exact) mass is 446 g/mol. The Morgan fingerprint density at radius 3 is 2.53 bits per heavy atom. The summed E-state index contributed by atoms with van der Waals surface area (Å²) in [7, 11) is 0.0344. The molecule has 2 aromatic carbocycles. The van der Waals surface area contributed by atoms with E-state index in [1.54, 1.807) is 38.5 Å². The van der Waals surface area contributed by atoms with E-state index in [9.17, 15) is 13.2 Å². The maximum Gasteiger partial charge on any atom is 0.279 e. The lowest BCUT2D eigenvalue weighted by molar-refractivity contribution is 0.100. The molecule has 0 saturated carbocycles. The Hall–Kier alpha value is -2.52. The first kappa shape index (κ1) is 20.7. The number of amidine groups is 1. The van der Waals surface area contributed by atoms with Gasteiger partial charge in [0.05, 0.1) is 31.8 Å². The van der Waals surface area contributed by atoms with Crippen LogP contribution in [0.4, 0.5) is 0 Å². The Morgan fingerprint density at radius 2 is 1.83 bits per heavy atom. The lowest BCUT2D eigenvalue weighted by Gasteiger charge is -2.25. The first-order valence-corrected chi connectivity index (χ1v) is 12.1. The fourth-order valence-electron chi connectivity index (χ4n) is 3.73. The second-order valence-corrected chi connectivity index (χ2v) is 10.5. The van der Waals surface area contributed by atoms with Crippen molar-refractivity contribution in [1.82, 2.24) is 4.90 Å². The van der Waals surface area contributed by atoms with Crippen LogP contribution >= 0.6 is 11.8 Å². The zero-order chi connectivity index (χ0) is 21.3. The fourth-order valence-corrected chi connectivity index (χ4v) is 7.68. The number of methoxy groups -OCH3 is 2. The van der Waals surface area contributed by atoms with Crippen molar-refractivity contribution < 1.29 is 22.7 Å². The number of amides is 1. The third kappa shape index (κ3) is 4.17. The van der Waals surface area contributed by atoms with Crippen molar-refractivity contribution in [2.24, 2.45) is 4.99 Å². The van der Waals surface area contributed by atoms with Gasteiger partial charge in [-0.2, -0.15) is 4.99 Å². The van der Waals surface area contributed by atoms with E-state index < -0.39 is 9.84 Å². The third-order valence-electron chi connectivity index (χ3n) is 5.19. The van der Waals surface area contributed by atoms with Gasteiger partial charge >= 0.3 is 0 Å². The van der Waals surface area contributed by atoms with Crippen molar-refractivity contribution in [2.45, 2.75) is 17.8 Å². The molecule has 7 nitrogen and oxygen atoms in total. The van der Waals surface area contributed by atoms with Crippen LogP contribution in [0.1, 0.15) is 15.9 Å². The Balaban J connectivity index is 1.65. The quantitative estimate of drug-likeness (QED) is 0.698. The third-order valence-corrected chi connectivity index (χ3v) is 8.44. The molecule has 0 N–H and O–H groups in total. The molecule has 0 aromatic heterocycles. The molecule has 0 aliphatic carbocycles. The molecule has 2 atom stereocenters. The maximum absolute atomic E-state index is 12.6. The van der Waals surface area contributed by atoms with Crippen LogP contribution in [0.25, 0.3) is 0 Å². The molecule has 30 heavy (non-hydrogen) atoms. The molecular weight excluding hydrogens is 424 g/mol. The van der Waals surface area contributed by atoms with Gasteiger partial charge in [-0.3, -0.25) is 4.79 Å². The highest BCUT2D eigenvalue weighted by Crippen LogP contribution is 2.39. The van der Waals surface area contributed by atoms with Gasteiger partial charge in [0.15, 0.2) is 26.5 Å². The van der Waals surface area contributed by atoms with E-state index in [0.29, 0.717) is 28.8 Å². The van der Waals surface area contributed by atoms with Gasteiger partial charge in [-0.15, -0.1) is 0 Å². The molecule has 2 fully saturated rings. The number of nitrogens with zero attached hydrogens (tertiary/aromatic N) is 2. The van der Waals surface area contributed by atoms with E-state index in [4.69, 9.17) is 9.47 Å². The topological polar surface area (TPSA) is 85.3 Å². The van der Waals surface area contributed by atoms with Crippen molar-refractivity contribution >= 4 is 32.7 Å². The van der Waals surface area contributed by atoms with E-state index in [1.165, 1.54) is 11.8 Å². The SMILES string of the molecule is COc1ccc(CN2C(=NC(=O)c3ccccc3)S[C@H]3CS(=O)(=O)C[C@@H]32)cc1OC. The Morgan fingerprint density at radius 1 is 1.10 bits per heavy atom. The number of benzene rings is 2. The summed E-state index contributed by atoms with van der Waals surface area (Å²) in [5.41, 5.74) is 1.42. The van der Waals surface area contributed by atoms with E-state index >= 15 is 0 Å². The highest BCUT2D eigenvalue weighted by molar-refractivity contribution is 8.15. The first-order chi connectivity index (χ1) is 14.4. The summed E-state index contributed by atoms with van der Waals surface area (Å²) in [5, 5.41) is 0.431. The summed E-state index contributed by atoms with van der Waals surface area (Å²) in [6.45, 7) is 0.422. The number of thioether (sulfide) groups is 1. The molecular formula is C21H22N2O5S2. The number of carbonyl (C=O) groups is 1. The van der Waals surface area contributed by atoms with Crippen LogP contribution in [0.5, 0.6) is 11.5 Å². The van der Waals surface area contributed by atoms with E-state index in [1.807, 2.05) is 29.2 Å². The van der Waals surface area contributed by atoms with Gasteiger partial charge in [0.1, 0.15) is 0 Å². The van der Waals surface area contributed by atoms with E-state index in [0.717, 1.165) is 5.56 Å². The standard InChI is InChI=1S/C21H22N2O5S2/c1-27-17-9-8-14(10-18(17)28-2)11-23-16-12-30(25,26)13-19(16)29-21(23)22-20(24)15-6-4-3-5-7-15/h3-10,16,19H,11-13H2,1-2H3/t16-,19-/m0/s1. The molecule has 2 saturated heterocycles. The normalized spacial score (nSPS) is 23.4. The van der Waals surface area contributed by atoms with Crippen molar-refractivity contribution in [3.63, 3.8) is 0 Å². The number of aliphatic imine (C=N–C) groups is 1. The largest absolute Gasteiger partial charge is 0.493 e. The Kier molecular flexibility index (Phi) is 5.75. The van der Waals surface area contributed by atoms with Gasteiger partial charge in [-0.1, -0.05) is 36.0 Å². The molecule has 2 aliphatic heterocycles. The van der Waals surface area contributed by atoms with Gasteiger partial charge in [0, 0.05) is 17.4 Å². The Labute approximate surface area is 180 Å². The number of hydrogen-bond donors (Lipinski definition) is 0. The molecule has 1 amide bonds. The molecule has 0 unspecified atom stereocenters. The second kappa shape index (κ2) is 8.31. The van der Waals surface area contributed by atoms with Crippen LogP contribution in [0, 0.1) is 0 Å². The highest BCUT2D eigenvalue weighted by Gasteiger charge is 2.48. The van der Waals surface area contributed by atoms with Gasteiger partial charge in [-0.25, -0.2) is 8.42 Å². The minimum atomic E-state index is -3.11. The van der Waals surface area contributed by atoms with Gasteiger partial charge in [0.2, 0.25) is 0 Å². The predicted molar refractivity (Wildman–Crippen MR) is 117 cm³/mol. The number of sulfone groups is 1. The second-order valence-electron chi connectivity index (χ2n) is 7.18. The number of hydrogen-bond acceptors (Lipinski definition) is 6. The van der Waals surface area contributed by atoms with Crippen molar-refractivity contribution in [1.29, 1.82) is 0 Å². The molecule has 0 bridgehead atoms. The number of rotatable bonds is 5. The number of carbonyl (C=O) groups excluding carboxylic acids is 1. The zero-order valence-corrected chi connectivity index (χ0v) is 18.3. The van der Waals surface area contributed by atoms with E-state index in [2.05, 4.69) is 4.99 Å². The summed E-state index contributed by atoms with van der Waals surface area (Å²) in [4.78, 5) is 18.9. The average Bonchev–Trinajstić information content (AvgIpc) is 3.20. The highest BCUT2D eigenvalue weighted by atomic mass is 32.2. The van der Waals surface area contributed by atoms with Crippen LogP contribution < -0.4 is 9.47 Å². The van der Waals surface area contributed by atoms with Gasteiger partial charge in [-0.05, 0) is 29.8 Å². The van der Waals surface area contributed by atoms with E-state index in [-0.39, 0.29) is 28.7 Å². The zero-order valence-electron chi connectivity index (χ0n) is 16.6. The van der Waals surface area contributed by atoms with Gasteiger partial charge < -0.3 is 14.4 Å². The number of ether oxygens (including phenoxy) is 2. The van der Waals surface area contributed by atoms with Crippen LogP contribution in [0.2, 0.25) is 0 Å². The Bertz CT molecular complexity index is 1090. The van der Waals surface area contributed by atoms with Gasteiger partial charge in [0.25, 0.3) is 5.91 Å². The lowest BCUT2D eigenvalue weighted by Crippen LogP contribution is -2.37. The van der Waals surface area contributed by atoms with Crippen LogP contribution in [-0.2, 0) is 16.4 Å². The summed E-state index contributed by atoms with van der Waals surface area (Å²) >= 11 is 1.37. The summed E-state index contributed by atoms with van der Waals surface area (Å²) < 4.78 is 35.1. The summed E-state index contributed by atoms with van der Waals surface area (Å²) in [6.07, 6.45) is 0. The molecule has 0 spiro atoms. The van der Waals surface area contributed by atoms with Crippen LogP contribution in [0.3, 0.4) is 0 Å². The smallest absolute Gasteiger partial charge is 0.279 e. The lowest BCUT2D eigenvalue weighted by atomic mass is 10.1. The summed E-state index contributed by atoms with van der Waals surface area (Å²) in [6, 6.07) is 14.2. The molecule has 2 aromatic rings. The summed E-state index contributed by atoms with van der Waals surface area (Å²) in [5.74, 6) is 1.04. The maximum atomic E-state index is 12.6. The molecule has 0 radical (unpaired) electrons. The molecule has 158 valence electrons. The molecule has 4 rings (SSSR count). The molecule has 2 aliphatic rings. The van der Waals surface area contributed by atoms with Crippen molar-refractivity contribution in [3.8, 4) is 11.5 Å². The predicted octanol–water partition coefficient (Wildman–Crippen LogP) is 2.61. The number of fused-ring (bicyclic) bond motifs is 1. The molecule has 9 heteroatoms. The minimum Gasteiger partial charge on any atom is -0.493 e. The van der Waals surface area contributed by atoms with Crippen molar-refractivity contribution in [2.75, 3.05) is 25.7 Å². The molecule has 2 heterocycles. The fraction of sp³-hybridized carbons (Fsp3) is 0.333. The van der Waals surface area contributed by atoms with Crippen LogP contribution in [-0.4, -0.2) is 61.4 Å². The van der Waals surface area contributed by atoms with Crippen molar-refractivity contribution in [3.05, 3.63) is 59.7 Å². The average molecular weight is 447 g/mol. The van der Waals surface area contributed by atoms with Crippen LogP contribution in [0.15, 0.2) is 53.5 Å².